The average molecular weight is 406 g/mol. The number of carbonyl (C=O) groups is 1. The first-order chi connectivity index (χ1) is 10.4. The van der Waals surface area contributed by atoms with E-state index in [1.54, 1.807) is 18.7 Å². The quantitative estimate of drug-likeness (QED) is 0.759. The van der Waals surface area contributed by atoms with Crippen LogP contribution in [0, 0.1) is 0 Å². The molecule has 0 aliphatic rings. The van der Waals surface area contributed by atoms with Gasteiger partial charge < -0.3 is 10.6 Å². The van der Waals surface area contributed by atoms with E-state index >= 15 is 0 Å². The molecule has 0 saturated carbocycles. The predicted octanol–water partition coefficient (Wildman–Crippen LogP) is 2.87. The van der Waals surface area contributed by atoms with E-state index < -0.39 is 15.1 Å². The second kappa shape index (κ2) is 7.17. The summed E-state index contributed by atoms with van der Waals surface area (Å²) < 4.78 is 24.7. The number of sulfone groups is 1. The number of carbonyl (C=O) groups excluding carboxylic acids is 1. The summed E-state index contributed by atoms with van der Waals surface area (Å²) >= 11 is 3.16. The summed E-state index contributed by atoms with van der Waals surface area (Å²) in [5.41, 5.74) is 6.05. The molecule has 0 aromatic carbocycles. The Kier molecular flexibility index (Phi) is 6.20. The van der Waals surface area contributed by atoms with Gasteiger partial charge in [0.25, 0.3) is 5.91 Å². The van der Waals surface area contributed by atoms with E-state index in [0.717, 1.165) is 0 Å². The van der Waals surface area contributed by atoms with Crippen LogP contribution in [0.2, 0.25) is 0 Å². The number of rotatable bonds is 5. The molecule has 0 aliphatic heterocycles. The molecule has 0 radical (unpaired) electrons. The van der Waals surface area contributed by atoms with Gasteiger partial charge in [-0.05, 0) is 63.5 Å². The molecule has 0 bridgehead atoms. The van der Waals surface area contributed by atoms with Crippen LogP contribution in [0.3, 0.4) is 0 Å². The second-order valence-corrected chi connectivity index (χ2v) is 9.43. The van der Waals surface area contributed by atoms with Crippen LogP contribution in [0.4, 0.5) is 5.69 Å². The van der Waals surface area contributed by atoms with Crippen LogP contribution in [0.1, 0.15) is 52.0 Å². The van der Waals surface area contributed by atoms with Gasteiger partial charge in [0.05, 0.1) is 10.9 Å². The van der Waals surface area contributed by atoms with E-state index in [2.05, 4.69) is 20.9 Å². The summed E-state index contributed by atoms with van der Waals surface area (Å²) in [4.78, 5) is 18.5. The molecule has 6 nitrogen and oxygen atoms in total. The van der Waals surface area contributed by atoms with Gasteiger partial charge in [-0.3, -0.25) is 4.79 Å². The highest BCUT2D eigenvalue weighted by Gasteiger charge is 2.29. The van der Waals surface area contributed by atoms with Crippen LogP contribution in [-0.2, 0) is 9.84 Å². The molecule has 130 valence electrons. The SMILES string of the molecule is CC(C)N(C(=O)c1nc(Br)c(S(=O)(=O)C(C)C)cc1N)C(C)C. The van der Waals surface area contributed by atoms with E-state index in [0.29, 0.717) is 0 Å². The fourth-order valence-electron chi connectivity index (χ4n) is 2.30. The molecule has 2 N–H and O–H groups in total. The topological polar surface area (TPSA) is 93.4 Å². The Morgan fingerprint density at radius 2 is 1.65 bits per heavy atom. The molecule has 1 aromatic heterocycles. The minimum Gasteiger partial charge on any atom is -0.397 e. The lowest BCUT2D eigenvalue weighted by atomic mass is 10.2. The van der Waals surface area contributed by atoms with Crippen molar-refractivity contribution in [3.63, 3.8) is 0 Å². The molecule has 23 heavy (non-hydrogen) atoms. The molecule has 1 rings (SSSR count). The molecule has 0 spiro atoms. The summed E-state index contributed by atoms with van der Waals surface area (Å²) in [5.74, 6) is -0.318. The number of halogens is 1. The molecule has 0 fully saturated rings. The smallest absolute Gasteiger partial charge is 0.275 e. The van der Waals surface area contributed by atoms with Gasteiger partial charge in [-0.1, -0.05) is 0 Å². The lowest BCUT2D eigenvalue weighted by Crippen LogP contribution is -2.42. The number of hydrogen-bond acceptors (Lipinski definition) is 5. The second-order valence-electron chi connectivity index (χ2n) is 6.21. The van der Waals surface area contributed by atoms with Crippen molar-refractivity contribution in [2.45, 2.75) is 63.8 Å². The lowest BCUT2D eigenvalue weighted by Gasteiger charge is -2.30. The van der Waals surface area contributed by atoms with E-state index in [-0.39, 0.29) is 38.9 Å². The summed E-state index contributed by atoms with van der Waals surface area (Å²) in [5, 5.41) is -0.607. The highest BCUT2D eigenvalue weighted by atomic mass is 79.9. The third-order valence-electron chi connectivity index (χ3n) is 3.45. The van der Waals surface area contributed by atoms with Crippen LogP contribution in [0.25, 0.3) is 0 Å². The van der Waals surface area contributed by atoms with Crippen LogP contribution in [0.5, 0.6) is 0 Å². The van der Waals surface area contributed by atoms with Crippen molar-refractivity contribution in [2.24, 2.45) is 0 Å². The normalized spacial score (nSPS) is 12.3. The first-order valence-electron chi connectivity index (χ1n) is 7.43. The molecule has 1 heterocycles. The maximum Gasteiger partial charge on any atom is 0.275 e. The van der Waals surface area contributed by atoms with Gasteiger partial charge in [-0.25, -0.2) is 13.4 Å². The molecule has 8 heteroatoms. The molecule has 0 atom stereocenters. The summed E-state index contributed by atoms with van der Waals surface area (Å²) in [6.45, 7) is 10.8. The Labute approximate surface area is 146 Å². The van der Waals surface area contributed by atoms with Crippen LogP contribution in [-0.4, -0.2) is 41.5 Å². The number of anilines is 1. The Bertz CT molecular complexity index is 692. The maximum atomic E-state index is 12.7. The van der Waals surface area contributed by atoms with Crippen molar-refractivity contribution >= 4 is 37.4 Å². The molecule has 0 saturated heterocycles. The van der Waals surface area contributed by atoms with Crippen molar-refractivity contribution in [1.29, 1.82) is 0 Å². The van der Waals surface area contributed by atoms with Crippen molar-refractivity contribution < 1.29 is 13.2 Å². The fourth-order valence-corrected chi connectivity index (χ4v) is 4.35. The third kappa shape index (κ3) is 4.03. The predicted molar refractivity (Wildman–Crippen MR) is 95.1 cm³/mol. The number of amides is 1. The highest BCUT2D eigenvalue weighted by Crippen LogP contribution is 2.28. The van der Waals surface area contributed by atoms with E-state index in [4.69, 9.17) is 5.73 Å². The molecule has 0 aliphatic carbocycles. The Hall–Kier alpha value is -1.15. The van der Waals surface area contributed by atoms with Gasteiger partial charge in [0.1, 0.15) is 9.50 Å². The molecule has 0 unspecified atom stereocenters. The minimum atomic E-state index is -3.54. The third-order valence-corrected chi connectivity index (χ3v) is 6.48. The van der Waals surface area contributed by atoms with Gasteiger partial charge in [-0.15, -0.1) is 0 Å². The van der Waals surface area contributed by atoms with Gasteiger partial charge in [-0.2, -0.15) is 0 Å². The standard InChI is InChI=1S/C15H24BrN3O3S/c1-8(2)19(9(3)4)15(20)13-11(17)7-12(14(16)18-13)23(21,22)10(5)6/h7-10H,17H2,1-6H3. The number of nitrogens with zero attached hydrogens (tertiary/aromatic N) is 2. The van der Waals surface area contributed by atoms with E-state index in [9.17, 15) is 13.2 Å². The van der Waals surface area contributed by atoms with E-state index in [1.165, 1.54) is 6.07 Å². The van der Waals surface area contributed by atoms with Crippen LogP contribution < -0.4 is 5.73 Å². The van der Waals surface area contributed by atoms with Crippen LogP contribution in [0.15, 0.2) is 15.6 Å². The molecule has 1 aromatic rings. The Morgan fingerprint density at radius 1 is 1.17 bits per heavy atom. The Balaban J connectivity index is 3.44. The van der Waals surface area contributed by atoms with E-state index in [1.807, 2.05) is 27.7 Å². The largest absolute Gasteiger partial charge is 0.397 e. The first kappa shape index (κ1) is 19.9. The van der Waals surface area contributed by atoms with Gasteiger partial charge >= 0.3 is 0 Å². The van der Waals surface area contributed by atoms with Crippen LogP contribution >= 0.6 is 15.9 Å². The minimum absolute atomic E-state index is 0.00203. The van der Waals surface area contributed by atoms with Crippen molar-refractivity contribution in [2.75, 3.05) is 5.73 Å². The highest BCUT2D eigenvalue weighted by molar-refractivity contribution is 9.10. The number of nitrogens with two attached hydrogens (primary N) is 1. The van der Waals surface area contributed by atoms with Crippen molar-refractivity contribution in [1.82, 2.24) is 9.88 Å². The van der Waals surface area contributed by atoms with Crippen molar-refractivity contribution in [3.8, 4) is 0 Å². The maximum absolute atomic E-state index is 12.7. The lowest BCUT2D eigenvalue weighted by molar-refractivity contribution is 0.0638. The number of aromatic nitrogens is 1. The molecule has 1 amide bonds. The van der Waals surface area contributed by atoms with Gasteiger partial charge in [0.2, 0.25) is 0 Å². The van der Waals surface area contributed by atoms with Crippen molar-refractivity contribution in [3.05, 3.63) is 16.4 Å². The zero-order chi connectivity index (χ0) is 18.1. The summed E-state index contributed by atoms with van der Waals surface area (Å²) in [6, 6.07) is 1.25. The average Bonchev–Trinajstić information content (AvgIpc) is 2.39. The fraction of sp³-hybridized carbons (Fsp3) is 0.600. The van der Waals surface area contributed by atoms with Gasteiger partial charge in [0.15, 0.2) is 15.5 Å². The first-order valence-corrected chi connectivity index (χ1v) is 9.77. The monoisotopic (exact) mass is 405 g/mol. The molecular weight excluding hydrogens is 382 g/mol. The summed E-state index contributed by atoms with van der Waals surface area (Å²) in [6.07, 6.45) is 0. The number of pyridine rings is 1. The zero-order valence-corrected chi connectivity index (χ0v) is 16.7. The number of hydrogen-bond donors (Lipinski definition) is 1. The van der Waals surface area contributed by atoms with Gasteiger partial charge in [0, 0.05) is 12.1 Å². The number of nitrogen functional groups attached to an aromatic ring is 1. The zero-order valence-electron chi connectivity index (χ0n) is 14.3. The summed E-state index contributed by atoms with van der Waals surface area (Å²) in [7, 11) is -3.54. The Morgan fingerprint density at radius 3 is 2.04 bits per heavy atom. The molecular formula is C15H24BrN3O3S.